The summed E-state index contributed by atoms with van der Waals surface area (Å²) >= 11 is 0. The average molecular weight is 251 g/mol. The minimum absolute atomic E-state index is 0.265. The molecule has 16 heavy (non-hydrogen) atoms. The maximum atomic E-state index is 11.8. The van der Waals surface area contributed by atoms with Crippen molar-refractivity contribution in [3.8, 4) is 0 Å². The molecule has 1 rings (SSSR count). The number of rotatable bonds is 2. The van der Waals surface area contributed by atoms with Crippen molar-refractivity contribution in [3.63, 3.8) is 0 Å². The minimum Gasteiger partial charge on any atom is -0.199 e. The van der Waals surface area contributed by atoms with Crippen LogP contribution in [0.3, 0.4) is 0 Å². The number of aryl methyl sites for hydroxylation is 1. The molecule has 0 heterocycles. The van der Waals surface area contributed by atoms with Crippen molar-refractivity contribution < 1.29 is 21.6 Å². The van der Waals surface area contributed by atoms with Gasteiger partial charge in [0.15, 0.2) is 0 Å². The summed E-state index contributed by atoms with van der Waals surface area (Å²) in [6.07, 6.45) is -5.28. The molecule has 0 saturated carbocycles. The molecule has 0 radical (unpaired) electrons. The number of nitrogens with zero attached hydrogens (tertiary/aromatic N) is 1. The van der Waals surface area contributed by atoms with E-state index >= 15 is 0 Å². The molecule has 1 aromatic carbocycles. The normalized spacial score (nSPS) is 13.2. The Labute approximate surface area is 90.7 Å². The highest BCUT2D eigenvalue weighted by Crippen LogP contribution is 2.16. The molecule has 0 aromatic heterocycles. The van der Waals surface area contributed by atoms with Gasteiger partial charge in [-0.3, -0.25) is 0 Å². The van der Waals surface area contributed by atoms with Gasteiger partial charge in [0.2, 0.25) is 0 Å². The monoisotopic (exact) mass is 251 g/mol. The van der Waals surface area contributed by atoms with E-state index in [1.54, 1.807) is 6.92 Å². The molecule has 0 aliphatic rings. The molecule has 3 nitrogen and oxygen atoms in total. The predicted octanol–water partition coefficient (Wildman–Crippen LogP) is 2.32. The molecular weight excluding hydrogens is 243 g/mol. The van der Waals surface area contributed by atoms with E-state index in [1.807, 2.05) is 0 Å². The fourth-order valence-electron chi connectivity index (χ4n) is 0.900. The fraction of sp³-hybridized carbons (Fsp3) is 0.222. The van der Waals surface area contributed by atoms with E-state index in [0.717, 1.165) is 5.56 Å². The SMILES string of the molecule is Cc1ccc(S(=O)(=O)N=CC(F)(F)F)cc1. The standard InChI is InChI=1S/C9H8F3NO2S/c1-7-2-4-8(5-3-7)16(14,15)13-6-9(10,11)12/h2-6H,1H3. The topological polar surface area (TPSA) is 46.5 Å². The zero-order valence-corrected chi connectivity index (χ0v) is 9.01. The highest BCUT2D eigenvalue weighted by molar-refractivity contribution is 7.90. The van der Waals surface area contributed by atoms with E-state index in [9.17, 15) is 21.6 Å². The lowest BCUT2D eigenvalue weighted by Crippen LogP contribution is -2.10. The number of sulfonamides is 1. The Kier molecular flexibility index (Phi) is 3.37. The second kappa shape index (κ2) is 4.25. The summed E-state index contributed by atoms with van der Waals surface area (Å²) in [5, 5.41) is 0. The van der Waals surface area contributed by atoms with Gasteiger partial charge in [-0.25, -0.2) is 0 Å². The van der Waals surface area contributed by atoms with Crippen LogP contribution in [0.2, 0.25) is 0 Å². The van der Waals surface area contributed by atoms with Crippen LogP contribution in [0.15, 0.2) is 33.6 Å². The first-order chi connectivity index (χ1) is 7.21. The van der Waals surface area contributed by atoms with Crippen molar-refractivity contribution >= 4 is 16.2 Å². The summed E-state index contributed by atoms with van der Waals surface area (Å²) < 4.78 is 60.4. The third kappa shape index (κ3) is 3.65. The molecule has 1 aromatic rings. The molecular formula is C9H8F3NO2S. The zero-order chi connectivity index (χ0) is 12.4. The fourth-order valence-corrected chi connectivity index (χ4v) is 1.76. The molecule has 7 heteroatoms. The lowest BCUT2D eigenvalue weighted by Gasteiger charge is -2.00. The summed E-state index contributed by atoms with van der Waals surface area (Å²) in [6.45, 7) is 1.73. The quantitative estimate of drug-likeness (QED) is 0.757. The van der Waals surface area contributed by atoms with Crippen LogP contribution in [0.4, 0.5) is 13.2 Å². The maximum Gasteiger partial charge on any atom is 0.427 e. The molecule has 0 N–H and O–H groups in total. The Bertz CT molecular complexity index is 488. The molecule has 0 spiro atoms. The van der Waals surface area contributed by atoms with Gasteiger partial charge < -0.3 is 0 Å². The second-order valence-corrected chi connectivity index (χ2v) is 4.70. The van der Waals surface area contributed by atoms with Gasteiger partial charge in [-0.1, -0.05) is 17.7 Å². The lowest BCUT2D eigenvalue weighted by molar-refractivity contribution is -0.0534. The third-order valence-electron chi connectivity index (χ3n) is 1.66. The van der Waals surface area contributed by atoms with Gasteiger partial charge >= 0.3 is 6.18 Å². The summed E-state index contributed by atoms with van der Waals surface area (Å²) in [7, 11) is -4.26. The number of hydrogen-bond donors (Lipinski definition) is 0. The molecule has 88 valence electrons. The highest BCUT2D eigenvalue weighted by Gasteiger charge is 2.25. The van der Waals surface area contributed by atoms with Gasteiger partial charge in [-0.05, 0) is 19.1 Å². The van der Waals surface area contributed by atoms with E-state index < -0.39 is 22.4 Å². The van der Waals surface area contributed by atoms with Crippen LogP contribution >= 0.6 is 0 Å². The number of benzene rings is 1. The van der Waals surface area contributed by atoms with E-state index in [1.165, 1.54) is 24.3 Å². The first kappa shape index (κ1) is 12.7. The third-order valence-corrected chi connectivity index (χ3v) is 2.91. The molecule has 0 unspecified atom stereocenters. The molecule has 0 saturated heterocycles. The van der Waals surface area contributed by atoms with Crippen LogP contribution in [0.1, 0.15) is 5.56 Å². The summed E-state index contributed by atoms with van der Waals surface area (Å²) in [5.74, 6) is 0. The summed E-state index contributed by atoms with van der Waals surface area (Å²) in [5.41, 5.74) is 0.804. The Morgan fingerprint density at radius 1 is 1.19 bits per heavy atom. The van der Waals surface area contributed by atoms with Gasteiger partial charge in [0.05, 0.1) is 4.90 Å². The van der Waals surface area contributed by atoms with Crippen molar-refractivity contribution in [2.24, 2.45) is 4.40 Å². The zero-order valence-electron chi connectivity index (χ0n) is 8.19. The van der Waals surface area contributed by atoms with Crippen molar-refractivity contribution in [2.45, 2.75) is 18.0 Å². The predicted molar refractivity (Wildman–Crippen MR) is 52.9 cm³/mol. The minimum atomic E-state index is -4.74. The Hall–Kier alpha value is -1.37. The Morgan fingerprint density at radius 3 is 2.12 bits per heavy atom. The van der Waals surface area contributed by atoms with Crippen LogP contribution < -0.4 is 0 Å². The summed E-state index contributed by atoms with van der Waals surface area (Å²) in [4.78, 5) is -0.265. The molecule has 0 amide bonds. The molecule has 0 aliphatic carbocycles. The lowest BCUT2D eigenvalue weighted by atomic mass is 10.2. The molecule has 0 atom stereocenters. The number of hydrogen-bond acceptors (Lipinski definition) is 2. The smallest absolute Gasteiger partial charge is 0.199 e. The molecule has 0 bridgehead atoms. The van der Waals surface area contributed by atoms with Gasteiger partial charge in [-0.2, -0.15) is 26.0 Å². The van der Waals surface area contributed by atoms with Crippen molar-refractivity contribution in [3.05, 3.63) is 29.8 Å². The van der Waals surface area contributed by atoms with Gasteiger partial charge in [0.25, 0.3) is 10.0 Å². The van der Waals surface area contributed by atoms with Crippen molar-refractivity contribution in [1.82, 2.24) is 0 Å². The van der Waals surface area contributed by atoms with Crippen LogP contribution in [-0.4, -0.2) is 20.8 Å². The summed E-state index contributed by atoms with van der Waals surface area (Å²) in [6, 6.07) is 5.38. The van der Waals surface area contributed by atoms with Crippen LogP contribution in [0, 0.1) is 6.92 Å². The number of alkyl halides is 3. The van der Waals surface area contributed by atoms with Gasteiger partial charge in [0.1, 0.15) is 6.21 Å². The van der Waals surface area contributed by atoms with E-state index in [4.69, 9.17) is 0 Å². The van der Waals surface area contributed by atoms with Crippen LogP contribution in [-0.2, 0) is 10.0 Å². The van der Waals surface area contributed by atoms with E-state index in [0.29, 0.717) is 0 Å². The van der Waals surface area contributed by atoms with Crippen LogP contribution in [0.25, 0.3) is 0 Å². The Morgan fingerprint density at radius 2 is 1.69 bits per heavy atom. The van der Waals surface area contributed by atoms with Crippen LogP contribution in [0.5, 0.6) is 0 Å². The largest absolute Gasteiger partial charge is 0.427 e. The number of halogens is 3. The average Bonchev–Trinajstić information content (AvgIpc) is 2.15. The van der Waals surface area contributed by atoms with Gasteiger partial charge in [-0.15, -0.1) is 0 Å². The maximum absolute atomic E-state index is 11.8. The second-order valence-electron chi connectivity index (χ2n) is 3.06. The highest BCUT2D eigenvalue weighted by atomic mass is 32.2. The van der Waals surface area contributed by atoms with E-state index in [-0.39, 0.29) is 4.90 Å². The first-order valence-corrected chi connectivity index (χ1v) is 5.60. The molecule has 0 aliphatic heterocycles. The Balaban J connectivity index is 3.04. The first-order valence-electron chi connectivity index (χ1n) is 4.16. The van der Waals surface area contributed by atoms with E-state index in [2.05, 4.69) is 4.40 Å². The van der Waals surface area contributed by atoms with Crippen molar-refractivity contribution in [2.75, 3.05) is 0 Å². The van der Waals surface area contributed by atoms with Gasteiger partial charge in [0, 0.05) is 0 Å². The molecule has 0 fully saturated rings. The van der Waals surface area contributed by atoms with Crippen molar-refractivity contribution in [1.29, 1.82) is 0 Å².